The minimum Gasteiger partial charge on any atom is -0.376 e. The summed E-state index contributed by atoms with van der Waals surface area (Å²) in [6.07, 6.45) is 3.51. The van der Waals surface area contributed by atoms with Crippen molar-refractivity contribution < 1.29 is 14.1 Å². The number of benzene rings is 1. The fourth-order valence-corrected chi connectivity index (χ4v) is 3.71. The molecule has 1 saturated heterocycles. The zero-order valence-corrected chi connectivity index (χ0v) is 17.7. The molecule has 1 atom stereocenters. The monoisotopic (exact) mass is 454 g/mol. The Morgan fingerprint density at radius 3 is 2.88 bits per heavy atom. The first-order chi connectivity index (χ1) is 15.6. The summed E-state index contributed by atoms with van der Waals surface area (Å²) in [5.74, 6) is 0.282. The molecule has 32 heavy (non-hydrogen) atoms. The van der Waals surface area contributed by atoms with Crippen molar-refractivity contribution in [1.82, 2.24) is 29.6 Å². The second kappa shape index (κ2) is 8.56. The second-order valence-corrected chi connectivity index (χ2v) is 7.86. The lowest BCUT2D eigenvalue weighted by molar-refractivity contribution is -0.122. The maximum absolute atomic E-state index is 12.7. The number of halogens is 1. The van der Waals surface area contributed by atoms with Crippen LogP contribution >= 0.6 is 11.6 Å². The van der Waals surface area contributed by atoms with Gasteiger partial charge in [-0.15, -0.1) is 5.10 Å². The number of hydrogen-bond donors (Lipinski definition) is 1. The normalized spacial score (nSPS) is 16.0. The van der Waals surface area contributed by atoms with Crippen LogP contribution < -0.4 is 11.0 Å². The standard InChI is InChI=1S/C21H19ClN6O4/c22-14-7-5-13(6-8-14)18-24-20(32-26-18)16-4-1-9-27-19(16)25-28(21(27)30)12-17(29)23-11-15-3-2-10-31-15/h1,4-9,15H,2-3,10-12H2,(H,23,29)/t15-/m1/s1. The van der Waals surface area contributed by atoms with E-state index in [1.807, 2.05) is 0 Å². The molecule has 1 aromatic carbocycles. The summed E-state index contributed by atoms with van der Waals surface area (Å²) in [6, 6.07) is 10.4. The van der Waals surface area contributed by atoms with Gasteiger partial charge >= 0.3 is 5.69 Å². The zero-order chi connectivity index (χ0) is 22.1. The number of ether oxygens (including phenoxy) is 1. The third-order valence-corrected chi connectivity index (χ3v) is 5.46. The molecule has 1 amide bonds. The minimum atomic E-state index is -0.438. The number of nitrogens with zero attached hydrogens (tertiary/aromatic N) is 5. The summed E-state index contributed by atoms with van der Waals surface area (Å²) in [5, 5.41) is 11.7. The van der Waals surface area contributed by atoms with Crippen LogP contribution in [0.1, 0.15) is 12.8 Å². The molecule has 4 heterocycles. The Balaban J connectivity index is 1.40. The lowest BCUT2D eigenvalue weighted by atomic mass is 10.2. The number of aromatic nitrogens is 5. The number of fused-ring (bicyclic) bond motifs is 1. The SMILES string of the molecule is O=C(Cn1nc2c(-c3nc(-c4ccc(Cl)cc4)no3)cccn2c1=O)NC[C@H]1CCCO1. The van der Waals surface area contributed by atoms with Crippen LogP contribution in [-0.2, 0) is 16.1 Å². The Morgan fingerprint density at radius 1 is 1.25 bits per heavy atom. The molecule has 0 spiro atoms. The van der Waals surface area contributed by atoms with Crippen LogP contribution in [0.3, 0.4) is 0 Å². The van der Waals surface area contributed by atoms with Crippen molar-refractivity contribution in [3.63, 3.8) is 0 Å². The number of carbonyl (C=O) groups is 1. The number of hydrogen-bond acceptors (Lipinski definition) is 7. The predicted octanol–water partition coefficient (Wildman–Crippen LogP) is 2.16. The van der Waals surface area contributed by atoms with E-state index in [1.54, 1.807) is 42.6 Å². The molecular weight excluding hydrogens is 436 g/mol. The second-order valence-electron chi connectivity index (χ2n) is 7.42. The molecule has 1 N–H and O–H groups in total. The summed E-state index contributed by atoms with van der Waals surface area (Å²) in [5.41, 5.74) is 1.10. The molecule has 1 aliphatic heterocycles. The Hall–Kier alpha value is -3.50. The molecular formula is C21H19ClN6O4. The predicted molar refractivity (Wildman–Crippen MR) is 115 cm³/mol. The Bertz CT molecular complexity index is 1320. The van der Waals surface area contributed by atoms with Crippen molar-refractivity contribution in [2.75, 3.05) is 13.2 Å². The van der Waals surface area contributed by atoms with Gasteiger partial charge in [-0.05, 0) is 49.2 Å². The van der Waals surface area contributed by atoms with E-state index in [0.29, 0.717) is 35.2 Å². The molecule has 1 aliphatic rings. The van der Waals surface area contributed by atoms with E-state index in [9.17, 15) is 9.59 Å². The van der Waals surface area contributed by atoms with Crippen molar-refractivity contribution in [3.05, 3.63) is 58.1 Å². The topological polar surface area (TPSA) is 117 Å². The van der Waals surface area contributed by atoms with Gasteiger partial charge < -0.3 is 14.6 Å². The van der Waals surface area contributed by atoms with Crippen molar-refractivity contribution >= 4 is 23.2 Å². The van der Waals surface area contributed by atoms with Gasteiger partial charge in [-0.3, -0.25) is 4.79 Å². The summed E-state index contributed by atoms with van der Waals surface area (Å²) in [7, 11) is 0. The molecule has 5 rings (SSSR count). The average Bonchev–Trinajstić information content (AvgIpc) is 3.55. The van der Waals surface area contributed by atoms with E-state index in [2.05, 4.69) is 20.6 Å². The van der Waals surface area contributed by atoms with Gasteiger partial charge in [-0.1, -0.05) is 16.8 Å². The molecule has 0 unspecified atom stereocenters. The molecule has 4 aromatic rings. The van der Waals surface area contributed by atoms with Crippen LogP contribution in [0.5, 0.6) is 0 Å². The van der Waals surface area contributed by atoms with Crippen molar-refractivity contribution in [1.29, 1.82) is 0 Å². The zero-order valence-electron chi connectivity index (χ0n) is 16.9. The third-order valence-electron chi connectivity index (χ3n) is 5.21. The number of nitrogens with one attached hydrogen (secondary N) is 1. The fourth-order valence-electron chi connectivity index (χ4n) is 3.58. The van der Waals surface area contributed by atoms with Gasteiger partial charge in [0.1, 0.15) is 6.54 Å². The lowest BCUT2D eigenvalue weighted by Gasteiger charge is -2.10. The lowest BCUT2D eigenvalue weighted by Crippen LogP contribution is -2.36. The Labute approximate surface area is 186 Å². The van der Waals surface area contributed by atoms with E-state index in [-0.39, 0.29) is 24.4 Å². The number of carbonyl (C=O) groups excluding carboxylic acids is 1. The molecule has 1 fully saturated rings. The molecule has 0 radical (unpaired) electrons. The van der Waals surface area contributed by atoms with Gasteiger partial charge in [0.25, 0.3) is 5.89 Å². The van der Waals surface area contributed by atoms with Crippen molar-refractivity contribution in [2.24, 2.45) is 0 Å². The van der Waals surface area contributed by atoms with Crippen LogP contribution in [0.25, 0.3) is 28.5 Å². The first-order valence-corrected chi connectivity index (χ1v) is 10.5. The van der Waals surface area contributed by atoms with Crippen LogP contribution in [0.15, 0.2) is 51.9 Å². The molecule has 0 aliphatic carbocycles. The third kappa shape index (κ3) is 4.02. The van der Waals surface area contributed by atoms with Crippen LogP contribution in [0.4, 0.5) is 0 Å². The van der Waals surface area contributed by atoms with Crippen molar-refractivity contribution in [2.45, 2.75) is 25.5 Å². The van der Waals surface area contributed by atoms with Gasteiger partial charge in [-0.25, -0.2) is 13.9 Å². The number of amides is 1. The Kier molecular flexibility index (Phi) is 5.46. The highest BCUT2D eigenvalue weighted by molar-refractivity contribution is 6.30. The summed E-state index contributed by atoms with van der Waals surface area (Å²) >= 11 is 5.93. The summed E-state index contributed by atoms with van der Waals surface area (Å²) < 4.78 is 13.4. The van der Waals surface area contributed by atoms with Crippen LogP contribution in [0, 0.1) is 0 Å². The van der Waals surface area contributed by atoms with Crippen LogP contribution in [0.2, 0.25) is 5.02 Å². The smallest absolute Gasteiger partial charge is 0.350 e. The van der Waals surface area contributed by atoms with E-state index in [0.717, 1.165) is 23.1 Å². The van der Waals surface area contributed by atoms with Gasteiger partial charge in [-0.2, -0.15) is 4.98 Å². The van der Waals surface area contributed by atoms with Gasteiger partial charge in [0.15, 0.2) is 5.65 Å². The van der Waals surface area contributed by atoms with Gasteiger partial charge in [0, 0.05) is 29.9 Å². The maximum atomic E-state index is 12.7. The Morgan fingerprint density at radius 2 is 2.09 bits per heavy atom. The van der Waals surface area contributed by atoms with E-state index >= 15 is 0 Å². The fraction of sp³-hybridized carbons (Fsp3) is 0.286. The summed E-state index contributed by atoms with van der Waals surface area (Å²) in [6.45, 7) is 0.929. The minimum absolute atomic E-state index is 0.0238. The highest BCUT2D eigenvalue weighted by Gasteiger charge is 2.20. The van der Waals surface area contributed by atoms with E-state index in [4.69, 9.17) is 20.9 Å². The summed E-state index contributed by atoms with van der Waals surface area (Å²) in [4.78, 5) is 29.5. The molecule has 10 nitrogen and oxygen atoms in total. The number of pyridine rings is 1. The van der Waals surface area contributed by atoms with Crippen LogP contribution in [-0.4, -0.2) is 49.5 Å². The van der Waals surface area contributed by atoms with E-state index in [1.165, 1.54) is 4.40 Å². The molecule has 11 heteroatoms. The van der Waals surface area contributed by atoms with E-state index < -0.39 is 5.69 Å². The van der Waals surface area contributed by atoms with Crippen molar-refractivity contribution in [3.8, 4) is 22.8 Å². The largest absolute Gasteiger partial charge is 0.376 e. The maximum Gasteiger partial charge on any atom is 0.350 e. The molecule has 0 bridgehead atoms. The highest BCUT2D eigenvalue weighted by Crippen LogP contribution is 2.25. The van der Waals surface area contributed by atoms with Gasteiger partial charge in [0.05, 0.1) is 11.7 Å². The molecule has 0 saturated carbocycles. The van der Waals surface area contributed by atoms with Gasteiger partial charge in [0.2, 0.25) is 11.7 Å². The quantitative estimate of drug-likeness (QED) is 0.474. The average molecular weight is 455 g/mol. The first kappa shape index (κ1) is 20.4. The highest BCUT2D eigenvalue weighted by atomic mass is 35.5. The molecule has 164 valence electrons. The number of rotatable bonds is 6. The first-order valence-electron chi connectivity index (χ1n) is 10.1. The molecule has 3 aromatic heterocycles.